The normalized spacial score (nSPS) is 16.1. The molecule has 1 aliphatic carbocycles. The Morgan fingerprint density at radius 3 is 2.75 bits per heavy atom. The lowest BCUT2D eigenvalue weighted by atomic mass is 10.3. The maximum atomic E-state index is 5.29. The van der Waals surface area contributed by atoms with E-state index in [1.54, 1.807) is 0 Å². The summed E-state index contributed by atoms with van der Waals surface area (Å²) < 4.78 is 0. The van der Waals surface area contributed by atoms with Gasteiger partial charge in [0, 0.05) is 12.6 Å². The highest BCUT2D eigenvalue weighted by molar-refractivity contribution is 7.15. The highest BCUT2D eigenvalue weighted by atomic mass is 32.1. The van der Waals surface area contributed by atoms with Crippen LogP contribution in [0.1, 0.15) is 31.7 Å². The number of hydrazine groups is 1. The van der Waals surface area contributed by atoms with Crippen LogP contribution in [0, 0.1) is 5.92 Å². The van der Waals surface area contributed by atoms with E-state index in [0.717, 1.165) is 17.5 Å². The first kappa shape index (κ1) is 11.8. The SMILES string of the molecule is CC(C)N(Cc1nnc(NN)s1)CC1CC1. The summed E-state index contributed by atoms with van der Waals surface area (Å²) in [5.74, 6) is 6.19. The van der Waals surface area contributed by atoms with Crippen molar-refractivity contribution in [2.24, 2.45) is 11.8 Å². The molecule has 0 bridgehead atoms. The maximum Gasteiger partial charge on any atom is 0.219 e. The van der Waals surface area contributed by atoms with Gasteiger partial charge in [-0.2, -0.15) is 0 Å². The number of aromatic nitrogens is 2. The zero-order valence-corrected chi connectivity index (χ0v) is 10.6. The van der Waals surface area contributed by atoms with E-state index >= 15 is 0 Å². The van der Waals surface area contributed by atoms with Gasteiger partial charge in [0.15, 0.2) is 0 Å². The Morgan fingerprint density at radius 2 is 2.25 bits per heavy atom. The third-order valence-electron chi connectivity index (χ3n) is 2.85. The van der Waals surface area contributed by atoms with Crippen molar-refractivity contribution in [1.29, 1.82) is 0 Å². The summed E-state index contributed by atoms with van der Waals surface area (Å²) in [5, 5.41) is 9.78. The fraction of sp³-hybridized carbons (Fsp3) is 0.800. The summed E-state index contributed by atoms with van der Waals surface area (Å²) in [6.07, 6.45) is 2.77. The van der Waals surface area contributed by atoms with E-state index in [1.165, 1.54) is 30.7 Å². The lowest BCUT2D eigenvalue weighted by Gasteiger charge is -2.24. The summed E-state index contributed by atoms with van der Waals surface area (Å²) in [5.41, 5.74) is 2.53. The molecule has 1 fully saturated rings. The molecule has 0 spiro atoms. The van der Waals surface area contributed by atoms with Crippen LogP contribution in [0.3, 0.4) is 0 Å². The lowest BCUT2D eigenvalue weighted by molar-refractivity contribution is 0.203. The number of hydrogen-bond donors (Lipinski definition) is 2. The molecule has 0 atom stereocenters. The number of nitrogen functional groups attached to an aromatic ring is 1. The third-order valence-corrected chi connectivity index (χ3v) is 3.69. The molecule has 0 aromatic carbocycles. The zero-order valence-electron chi connectivity index (χ0n) is 9.81. The quantitative estimate of drug-likeness (QED) is 0.583. The van der Waals surface area contributed by atoms with Gasteiger partial charge in [0.1, 0.15) is 5.01 Å². The van der Waals surface area contributed by atoms with Gasteiger partial charge in [-0.25, -0.2) is 5.84 Å². The van der Waals surface area contributed by atoms with Crippen LogP contribution < -0.4 is 11.3 Å². The number of hydrogen-bond acceptors (Lipinski definition) is 6. The molecule has 1 aromatic heterocycles. The number of nitrogens with two attached hydrogens (primary N) is 1. The Kier molecular flexibility index (Phi) is 3.73. The van der Waals surface area contributed by atoms with Crippen molar-refractivity contribution < 1.29 is 0 Å². The van der Waals surface area contributed by atoms with Gasteiger partial charge in [0.2, 0.25) is 5.13 Å². The standard InChI is InChI=1S/C10H19N5S/c1-7(2)15(5-8-3-4-8)6-9-13-14-10(12-11)16-9/h7-8H,3-6,11H2,1-2H3,(H,12,14). The van der Waals surface area contributed by atoms with E-state index in [9.17, 15) is 0 Å². The van der Waals surface area contributed by atoms with Crippen LogP contribution in [-0.2, 0) is 6.54 Å². The van der Waals surface area contributed by atoms with E-state index in [2.05, 4.69) is 34.4 Å². The minimum absolute atomic E-state index is 0.554. The number of rotatable bonds is 6. The van der Waals surface area contributed by atoms with Gasteiger partial charge in [-0.05, 0) is 32.6 Å². The first-order valence-corrected chi connectivity index (χ1v) is 6.53. The maximum absolute atomic E-state index is 5.29. The van der Waals surface area contributed by atoms with Crippen molar-refractivity contribution >= 4 is 16.5 Å². The monoisotopic (exact) mass is 241 g/mol. The second-order valence-electron chi connectivity index (χ2n) is 4.61. The second-order valence-corrected chi connectivity index (χ2v) is 5.67. The Hall–Kier alpha value is -0.720. The van der Waals surface area contributed by atoms with Crippen molar-refractivity contribution in [2.75, 3.05) is 12.0 Å². The predicted molar refractivity (Wildman–Crippen MR) is 66.0 cm³/mol. The zero-order chi connectivity index (χ0) is 11.5. The van der Waals surface area contributed by atoms with Crippen LogP contribution in [0.5, 0.6) is 0 Å². The van der Waals surface area contributed by atoms with Crippen molar-refractivity contribution in [1.82, 2.24) is 15.1 Å². The van der Waals surface area contributed by atoms with Gasteiger partial charge >= 0.3 is 0 Å². The van der Waals surface area contributed by atoms with Gasteiger partial charge in [-0.1, -0.05) is 11.3 Å². The van der Waals surface area contributed by atoms with Crippen molar-refractivity contribution in [3.63, 3.8) is 0 Å². The molecule has 90 valence electrons. The molecule has 0 unspecified atom stereocenters. The molecule has 16 heavy (non-hydrogen) atoms. The molecule has 6 heteroatoms. The fourth-order valence-corrected chi connectivity index (χ4v) is 2.32. The van der Waals surface area contributed by atoms with Crippen LogP contribution >= 0.6 is 11.3 Å². The van der Waals surface area contributed by atoms with Crippen LogP contribution in [0.15, 0.2) is 0 Å². The highest BCUT2D eigenvalue weighted by Gasteiger charge is 2.26. The van der Waals surface area contributed by atoms with Crippen molar-refractivity contribution in [2.45, 2.75) is 39.3 Å². The molecule has 5 nitrogen and oxygen atoms in total. The first-order valence-electron chi connectivity index (χ1n) is 5.72. The first-order chi connectivity index (χ1) is 7.69. The summed E-state index contributed by atoms with van der Waals surface area (Å²) >= 11 is 1.53. The number of nitrogens with one attached hydrogen (secondary N) is 1. The molecule has 1 saturated carbocycles. The molecule has 2 rings (SSSR count). The second kappa shape index (κ2) is 5.07. The van der Waals surface area contributed by atoms with Gasteiger partial charge in [-0.15, -0.1) is 10.2 Å². The van der Waals surface area contributed by atoms with Crippen LogP contribution in [0.25, 0.3) is 0 Å². The molecule has 3 N–H and O–H groups in total. The van der Waals surface area contributed by atoms with E-state index in [0.29, 0.717) is 11.2 Å². The summed E-state index contributed by atoms with van der Waals surface area (Å²) in [6.45, 7) is 6.52. The molecule has 1 aliphatic rings. The van der Waals surface area contributed by atoms with E-state index in [4.69, 9.17) is 5.84 Å². The lowest BCUT2D eigenvalue weighted by Crippen LogP contribution is -2.32. The van der Waals surface area contributed by atoms with Gasteiger partial charge < -0.3 is 0 Å². The van der Waals surface area contributed by atoms with Crippen molar-refractivity contribution in [3.8, 4) is 0 Å². The predicted octanol–water partition coefficient (Wildman–Crippen LogP) is 1.44. The molecule has 0 saturated heterocycles. The molecular formula is C10H19N5S. The minimum Gasteiger partial charge on any atom is -0.298 e. The van der Waals surface area contributed by atoms with Crippen LogP contribution in [0.4, 0.5) is 5.13 Å². The molecule has 0 amide bonds. The van der Waals surface area contributed by atoms with Crippen LogP contribution in [0.2, 0.25) is 0 Å². The van der Waals surface area contributed by atoms with E-state index in [-0.39, 0.29) is 0 Å². The summed E-state index contributed by atoms with van der Waals surface area (Å²) in [4.78, 5) is 2.46. The summed E-state index contributed by atoms with van der Waals surface area (Å²) in [7, 11) is 0. The topological polar surface area (TPSA) is 67.1 Å². The van der Waals surface area contributed by atoms with Crippen LogP contribution in [-0.4, -0.2) is 27.7 Å². The largest absolute Gasteiger partial charge is 0.298 e. The van der Waals surface area contributed by atoms with Gasteiger partial charge in [-0.3, -0.25) is 10.3 Å². The Bertz CT molecular complexity index is 334. The van der Waals surface area contributed by atoms with Crippen molar-refractivity contribution in [3.05, 3.63) is 5.01 Å². The third kappa shape index (κ3) is 3.13. The molecule has 0 aliphatic heterocycles. The molecule has 0 radical (unpaired) electrons. The average Bonchev–Trinajstić information content (AvgIpc) is 2.95. The van der Waals surface area contributed by atoms with E-state index in [1.807, 2.05) is 0 Å². The minimum atomic E-state index is 0.554. The molecule has 1 aromatic rings. The Balaban J connectivity index is 1.92. The van der Waals surface area contributed by atoms with Gasteiger partial charge in [0.05, 0.1) is 6.54 Å². The highest BCUT2D eigenvalue weighted by Crippen LogP contribution is 2.31. The summed E-state index contributed by atoms with van der Waals surface area (Å²) in [6, 6.07) is 0.554. The Morgan fingerprint density at radius 1 is 1.50 bits per heavy atom. The van der Waals surface area contributed by atoms with E-state index < -0.39 is 0 Å². The average molecular weight is 241 g/mol. The molecular weight excluding hydrogens is 222 g/mol. The number of nitrogens with zero attached hydrogens (tertiary/aromatic N) is 3. The fourth-order valence-electron chi connectivity index (χ4n) is 1.64. The smallest absolute Gasteiger partial charge is 0.219 e. The molecule has 1 heterocycles. The van der Waals surface area contributed by atoms with Gasteiger partial charge in [0.25, 0.3) is 0 Å². The Labute approximate surface area is 100 Å². The number of anilines is 1.